The van der Waals surface area contributed by atoms with Gasteiger partial charge in [-0.05, 0) is 74.2 Å². The van der Waals surface area contributed by atoms with Crippen molar-refractivity contribution in [2.75, 3.05) is 7.11 Å². The van der Waals surface area contributed by atoms with Crippen molar-refractivity contribution >= 4 is 15.9 Å². The molecule has 0 atom stereocenters. The minimum atomic E-state index is 0.180. The minimum absolute atomic E-state index is 0.180. The van der Waals surface area contributed by atoms with Gasteiger partial charge in [0, 0.05) is 23.7 Å². The third-order valence-electron chi connectivity index (χ3n) is 4.00. The number of piperidine rings is 1. The van der Waals surface area contributed by atoms with Crippen molar-refractivity contribution in [1.82, 2.24) is 10.6 Å². The normalized spacial score (nSPS) is 21.2. The van der Waals surface area contributed by atoms with E-state index in [0.717, 1.165) is 29.6 Å². The van der Waals surface area contributed by atoms with E-state index < -0.39 is 0 Å². The van der Waals surface area contributed by atoms with Gasteiger partial charge < -0.3 is 15.4 Å². The molecule has 1 aliphatic heterocycles. The van der Waals surface area contributed by atoms with Crippen LogP contribution in [-0.4, -0.2) is 24.2 Å². The van der Waals surface area contributed by atoms with Crippen LogP contribution >= 0.6 is 15.9 Å². The van der Waals surface area contributed by atoms with E-state index in [-0.39, 0.29) is 11.1 Å². The van der Waals surface area contributed by atoms with Crippen LogP contribution in [0.5, 0.6) is 5.75 Å². The Balaban J connectivity index is 1.98. The van der Waals surface area contributed by atoms with Crippen LogP contribution in [0.3, 0.4) is 0 Å². The van der Waals surface area contributed by atoms with Gasteiger partial charge in [0.15, 0.2) is 0 Å². The summed E-state index contributed by atoms with van der Waals surface area (Å²) in [6.45, 7) is 10.0. The molecule has 0 aliphatic carbocycles. The lowest BCUT2D eigenvalue weighted by molar-refractivity contribution is 0.145. The number of hydrogen-bond acceptors (Lipinski definition) is 3. The summed E-state index contributed by atoms with van der Waals surface area (Å²) in [5.74, 6) is 0.878. The predicted octanol–water partition coefficient (Wildman–Crippen LogP) is 3.86. The maximum absolute atomic E-state index is 5.27. The van der Waals surface area contributed by atoms with Crippen molar-refractivity contribution in [1.29, 1.82) is 0 Å². The SMILES string of the molecule is COc1ccc(CNC2CC(C)(C)NC(C)(C)C2)cc1Br. The quantitative estimate of drug-likeness (QED) is 0.861. The third-order valence-corrected chi connectivity index (χ3v) is 4.62. The summed E-state index contributed by atoms with van der Waals surface area (Å²) < 4.78 is 6.28. The Morgan fingerprint density at radius 3 is 2.38 bits per heavy atom. The first-order valence-corrected chi connectivity index (χ1v) is 8.35. The number of ether oxygens (including phenoxy) is 1. The average Bonchev–Trinajstić information content (AvgIpc) is 2.33. The molecular weight excluding hydrogens is 328 g/mol. The van der Waals surface area contributed by atoms with Gasteiger partial charge in [-0.2, -0.15) is 0 Å². The Kier molecular flexibility index (Phi) is 5.01. The van der Waals surface area contributed by atoms with Gasteiger partial charge in [0.05, 0.1) is 11.6 Å². The number of halogens is 1. The zero-order valence-corrected chi connectivity index (χ0v) is 15.3. The van der Waals surface area contributed by atoms with Gasteiger partial charge in [-0.25, -0.2) is 0 Å². The Morgan fingerprint density at radius 1 is 1.24 bits per heavy atom. The molecule has 1 aromatic rings. The molecule has 4 heteroatoms. The molecule has 0 radical (unpaired) electrons. The Bertz CT molecular complexity index is 484. The maximum Gasteiger partial charge on any atom is 0.133 e. The highest BCUT2D eigenvalue weighted by Gasteiger charge is 2.37. The van der Waals surface area contributed by atoms with Crippen molar-refractivity contribution < 1.29 is 4.74 Å². The molecule has 1 heterocycles. The number of methoxy groups -OCH3 is 1. The molecule has 3 nitrogen and oxygen atoms in total. The molecule has 2 N–H and O–H groups in total. The van der Waals surface area contributed by atoms with Gasteiger partial charge in [0.25, 0.3) is 0 Å². The molecule has 0 bridgehead atoms. The highest BCUT2D eigenvalue weighted by Crippen LogP contribution is 2.29. The topological polar surface area (TPSA) is 33.3 Å². The summed E-state index contributed by atoms with van der Waals surface area (Å²) in [5, 5.41) is 7.43. The molecule has 118 valence electrons. The van der Waals surface area contributed by atoms with Gasteiger partial charge >= 0.3 is 0 Å². The lowest BCUT2D eigenvalue weighted by Gasteiger charge is -2.46. The van der Waals surface area contributed by atoms with E-state index in [1.165, 1.54) is 5.56 Å². The minimum Gasteiger partial charge on any atom is -0.496 e. The largest absolute Gasteiger partial charge is 0.496 e. The fraction of sp³-hybridized carbons (Fsp3) is 0.647. The molecular formula is C17H27BrN2O. The van der Waals surface area contributed by atoms with Crippen molar-refractivity contribution in [2.24, 2.45) is 0 Å². The molecule has 2 rings (SSSR count). The van der Waals surface area contributed by atoms with E-state index in [1.807, 2.05) is 6.07 Å². The van der Waals surface area contributed by atoms with Gasteiger partial charge in [-0.1, -0.05) is 6.07 Å². The van der Waals surface area contributed by atoms with Crippen molar-refractivity contribution in [3.8, 4) is 5.75 Å². The van der Waals surface area contributed by atoms with Gasteiger partial charge in [-0.15, -0.1) is 0 Å². The molecule has 0 unspecified atom stereocenters. The van der Waals surface area contributed by atoms with Crippen LogP contribution in [0.1, 0.15) is 46.1 Å². The van der Waals surface area contributed by atoms with Crippen LogP contribution in [0.15, 0.2) is 22.7 Å². The second kappa shape index (κ2) is 6.27. The molecule has 0 saturated carbocycles. The van der Waals surface area contributed by atoms with Crippen molar-refractivity contribution in [2.45, 2.75) is 64.2 Å². The lowest BCUT2D eigenvalue weighted by Crippen LogP contribution is -2.61. The van der Waals surface area contributed by atoms with Gasteiger partial charge in [0.1, 0.15) is 5.75 Å². The lowest BCUT2D eigenvalue weighted by atomic mass is 9.79. The highest BCUT2D eigenvalue weighted by atomic mass is 79.9. The van der Waals surface area contributed by atoms with Crippen LogP contribution in [0.25, 0.3) is 0 Å². The average molecular weight is 355 g/mol. The fourth-order valence-electron chi connectivity index (χ4n) is 3.55. The second-order valence-corrected chi connectivity index (χ2v) is 8.20. The van der Waals surface area contributed by atoms with Crippen LogP contribution in [0.2, 0.25) is 0 Å². The van der Waals surface area contributed by atoms with Crippen molar-refractivity contribution in [3.05, 3.63) is 28.2 Å². The van der Waals surface area contributed by atoms with Crippen molar-refractivity contribution in [3.63, 3.8) is 0 Å². The zero-order chi connectivity index (χ0) is 15.7. The van der Waals surface area contributed by atoms with Gasteiger partial charge in [-0.3, -0.25) is 0 Å². The third kappa shape index (κ3) is 4.70. The first kappa shape index (κ1) is 16.8. The number of hydrogen-bond donors (Lipinski definition) is 2. The molecule has 0 aromatic heterocycles. The second-order valence-electron chi connectivity index (χ2n) is 7.35. The fourth-order valence-corrected chi connectivity index (χ4v) is 4.14. The molecule has 0 spiro atoms. The first-order chi connectivity index (χ1) is 9.71. The smallest absolute Gasteiger partial charge is 0.133 e. The van der Waals surface area contributed by atoms with E-state index in [1.54, 1.807) is 7.11 Å². The summed E-state index contributed by atoms with van der Waals surface area (Å²) in [7, 11) is 1.69. The summed E-state index contributed by atoms with van der Waals surface area (Å²) in [5.41, 5.74) is 1.64. The Labute approximate surface area is 137 Å². The Morgan fingerprint density at radius 2 is 1.86 bits per heavy atom. The van der Waals surface area contributed by atoms with E-state index in [0.29, 0.717) is 6.04 Å². The van der Waals surface area contributed by atoms with E-state index in [2.05, 4.69) is 66.4 Å². The Hall–Kier alpha value is -0.580. The number of benzene rings is 1. The van der Waals surface area contributed by atoms with Crippen LogP contribution in [0.4, 0.5) is 0 Å². The first-order valence-electron chi connectivity index (χ1n) is 7.56. The number of rotatable bonds is 4. The molecule has 21 heavy (non-hydrogen) atoms. The van der Waals surface area contributed by atoms with Crippen LogP contribution < -0.4 is 15.4 Å². The molecule has 1 aromatic carbocycles. The molecule has 0 amide bonds. The van der Waals surface area contributed by atoms with E-state index >= 15 is 0 Å². The van der Waals surface area contributed by atoms with Crippen LogP contribution in [0, 0.1) is 0 Å². The summed E-state index contributed by atoms with van der Waals surface area (Å²) in [4.78, 5) is 0. The molecule has 1 fully saturated rings. The highest BCUT2D eigenvalue weighted by molar-refractivity contribution is 9.10. The monoisotopic (exact) mass is 354 g/mol. The standard InChI is InChI=1S/C17H27BrN2O/c1-16(2)9-13(10-17(3,4)20-16)19-11-12-6-7-15(21-5)14(18)8-12/h6-8,13,19-20H,9-11H2,1-5H3. The van der Waals surface area contributed by atoms with E-state index in [9.17, 15) is 0 Å². The summed E-state index contributed by atoms with van der Waals surface area (Å²) in [6, 6.07) is 6.80. The number of nitrogens with one attached hydrogen (secondary N) is 2. The zero-order valence-electron chi connectivity index (χ0n) is 13.7. The van der Waals surface area contributed by atoms with E-state index in [4.69, 9.17) is 4.74 Å². The summed E-state index contributed by atoms with van der Waals surface area (Å²) in [6.07, 6.45) is 2.29. The molecule has 1 aliphatic rings. The maximum atomic E-state index is 5.27. The molecule has 1 saturated heterocycles. The van der Waals surface area contributed by atoms with Crippen LogP contribution in [-0.2, 0) is 6.54 Å². The van der Waals surface area contributed by atoms with Gasteiger partial charge in [0.2, 0.25) is 0 Å². The predicted molar refractivity (Wildman–Crippen MR) is 91.8 cm³/mol. The summed E-state index contributed by atoms with van der Waals surface area (Å²) >= 11 is 3.55.